The van der Waals surface area contributed by atoms with Crippen LogP contribution in [0.15, 0.2) is 23.5 Å². The second-order valence-corrected chi connectivity index (χ2v) is 4.25. The van der Waals surface area contributed by atoms with Crippen LogP contribution < -0.4 is 0 Å². The minimum atomic E-state index is -5.09. The molecular weight excluding hydrogens is 344 g/mol. The van der Waals surface area contributed by atoms with Crippen LogP contribution in [0.4, 0.5) is 35.1 Å². The summed E-state index contributed by atoms with van der Waals surface area (Å²) in [6.45, 7) is 0. The summed E-state index contributed by atoms with van der Waals surface area (Å²) in [5, 5.41) is 17.5. The maximum atomic E-state index is 13.7. The van der Waals surface area contributed by atoms with Crippen molar-refractivity contribution >= 4 is 5.57 Å². The summed E-state index contributed by atoms with van der Waals surface area (Å²) in [6.07, 6.45) is -3.84. The van der Waals surface area contributed by atoms with Crippen molar-refractivity contribution in [2.24, 2.45) is 0 Å². The van der Waals surface area contributed by atoms with Gasteiger partial charge in [-0.2, -0.15) is 17.6 Å². The van der Waals surface area contributed by atoms with Crippen LogP contribution in [0.1, 0.15) is 5.56 Å². The zero-order chi connectivity index (χ0) is 17.0. The van der Waals surface area contributed by atoms with Gasteiger partial charge in [-0.3, -0.25) is 0 Å². The minimum Gasteiger partial charge on any atom is -0.506 e. The summed E-state index contributed by atoms with van der Waals surface area (Å²) in [7, 11) is 0. The summed E-state index contributed by atoms with van der Waals surface area (Å²) in [6, 6.07) is -0.173. The lowest BCUT2D eigenvalue weighted by Gasteiger charge is -2.28. The van der Waals surface area contributed by atoms with E-state index in [-0.39, 0.29) is 11.5 Å². The van der Waals surface area contributed by atoms with Gasteiger partial charge in [0.15, 0.2) is 29.0 Å². The molecule has 0 saturated heterocycles. The Labute approximate surface area is 122 Å². The average molecular weight is 350 g/mol. The molecule has 2 rings (SSSR count). The number of aliphatic hydroxyl groups excluding tert-OH is 1. The Morgan fingerprint density at radius 2 is 1.43 bits per heavy atom. The zero-order valence-electron chi connectivity index (χ0n) is 10.6. The molecule has 1 aromatic rings. The van der Waals surface area contributed by atoms with Crippen LogP contribution in [0.2, 0.25) is 0 Å². The second kappa shape index (κ2) is 5.72. The van der Waals surface area contributed by atoms with Gasteiger partial charge in [-0.1, -0.05) is 0 Å². The Morgan fingerprint density at radius 1 is 0.913 bits per heavy atom. The summed E-state index contributed by atoms with van der Waals surface area (Å²) < 4.78 is 108. The Kier molecular flexibility index (Phi) is 4.66. The first-order valence-corrected chi connectivity index (χ1v) is 5.39. The van der Waals surface area contributed by atoms with Crippen LogP contribution in [0.25, 0.3) is 5.57 Å². The van der Waals surface area contributed by atoms with E-state index >= 15 is 0 Å². The number of phenols is 1. The molecule has 0 amide bonds. The van der Waals surface area contributed by atoms with Gasteiger partial charge in [0.2, 0.25) is 12.0 Å². The van der Waals surface area contributed by atoms with E-state index in [9.17, 15) is 35.1 Å². The number of alkyl halides is 3. The molecule has 0 saturated carbocycles. The Balaban J connectivity index is 0.00000264. The number of hydrogen-bond donors (Lipinski definition) is 2. The highest BCUT2D eigenvalue weighted by Crippen LogP contribution is 2.49. The van der Waals surface area contributed by atoms with Gasteiger partial charge in [-0.05, 0) is 0 Å². The Bertz CT molecular complexity index is 726. The fourth-order valence-corrected chi connectivity index (χ4v) is 1.87. The molecule has 0 heterocycles. The van der Waals surface area contributed by atoms with Crippen LogP contribution in [0.5, 0.6) is 5.75 Å². The molecule has 0 spiro atoms. The van der Waals surface area contributed by atoms with Crippen molar-refractivity contribution in [3.63, 3.8) is 0 Å². The minimum absolute atomic E-state index is 0. The van der Waals surface area contributed by atoms with Crippen LogP contribution in [-0.2, 0) is 0 Å². The van der Waals surface area contributed by atoms with E-state index < -0.39 is 63.8 Å². The second-order valence-electron chi connectivity index (χ2n) is 4.25. The Hall–Kier alpha value is -2.30. The third-order valence-corrected chi connectivity index (χ3v) is 2.92. The van der Waals surface area contributed by atoms with E-state index in [4.69, 9.17) is 10.2 Å². The average Bonchev–Trinajstić information content (AvgIpc) is 2.44. The molecular formula is C12H6F8O3. The number of benzene rings is 1. The van der Waals surface area contributed by atoms with Crippen molar-refractivity contribution in [3.05, 3.63) is 46.5 Å². The largest absolute Gasteiger partial charge is 0.506 e. The molecule has 1 aromatic carbocycles. The van der Waals surface area contributed by atoms with Crippen LogP contribution in [0, 0.1) is 17.5 Å². The van der Waals surface area contributed by atoms with Crippen molar-refractivity contribution < 1.29 is 50.8 Å². The summed E-state index contributed by atoms with van der Waals surface area (Å²) in [4.78, 5) is 0. The molecule has 23 heavy (non-hydrogen) atoms. The molecule has 3 nitrogen and oxygen atoms in total. The van der Waals surface area contributed by atoms with Gasteiger partial charge in [0.05, 0.1) is 11.1 Å². The molecule has 0 aliphatic heterocycles. The monoisotopic (exact) mass is 350 g/mol. The molecule has 128 valence electrons. The van der Waals surface area contributed by atoms with Gasteiger partial charge in [0, 0.05) is 6.07 Å². The van der Waals surface area contributed by atoms with Crippen molar-refractivity contribution in [1.82, 2.24) is 0 Å². The molecule has 1 aliphatic rings. The highest BCUT2D eigenvalue weighted by atomic mass is 19.3. The SMILES string of the molecule is O.OC1=C(F)C(F)=C(c2c(F)cc(O)c(F)c2F)C(F)(F)C1F. The van der Waals surface area contributed by atoms with E-state index in [1.165, 1.54) is 0 Å². The predicted octanol–water partition coefficient (Wildman–Crippen LogP) is 3.39. The van der Waals surface area contributed by atoms with Crippen molar-refractivity contribution in [2.45, 2.75) is 12.1 Å². The molecule has 1 unspecified atom stereocenters. The molecule has 0 fully saturated rings. The molecule has 0 bridgehead atoms. The van der Waals surface area contributed by atoms with E-state index in [0.717, 1.165) is 0 Å². The highest BCUT2D eigenvalue weighted by Gasteiger charge is 2.55. The van der Waals surface area contributed by atoms with Crippen LogP contribution >= 0.6 is 0 Å². The third kappa shape index (κ3) is 2.50. The molecule has 0 aromatic heterocycles. The van der Waals surface area contributed by atoms with Gasteiger partial charge < -0.3 is 15.7 Å². The first kappa shape index (κ1) is 18.7. The summed E-state index contributed by atoms with van der Waals surface area (Å²) >= 11 is 0. The summed E-state index contributed by atoms with van der Waals surface area (Å²) in [5.41, 5.74) is -4.55. The number of aliphatic hydroxyl groups is 1. The number of halogens is 8. The Morgan fingerprint density at radius 3 is 1.96 bits per heavy atom. The highest BCUT2D eigenvalue weighted by molar-refractivity contribution is 5.79. The molecule has 1 aliphatic carbocycles. The maximum absolute atomic E-state index is 13.7. The van der Waals surface area contributed by atoms with Crippen molar-refractivity contribution in [2.75, 3.05) is 0 Å². The first-order valence-electron chi connectivity index (χ1n) is 5.39. The fourth-order valence-electron chi connectivity index (χ4n) is 1.87. The topological polar surface area (TPSA) is 72.0 Å². The molecule has 11 heteroatoms. The van der Waals surface area contributed by atoms with E-state index in [0.29, 0.717) is 0 Å². The standard InChI is InChI=1S/C12H4F8O2.H2O/c13-2-1-3(21)6(14)7(15)4(2)5-8(16)9(17)10(22)11(18)12(5,19)20;/h1,11,21-22H;1H2. The quantitative estimate of drug-likeness (QED) is 0.602. The predicted molar refractivity (Wildman–Crippen MR) is 60.2 cm³/mol. The zero-order valence-corrected chi connectivity index (χ0v) is 10.6. The van der Waals surface area contributed by atoms with Crippen molar-refractivity contribution in [3.8, 4) is 5.75 Å². The molecule has 0 radical (unpaired) electrons. The first-order chi connectivity index (χ1) is 10.0. The van der Waals surface area contributed by atoms with Gasteiger partial charge in [0.25, 0.3) is 0 Å². The normalized spacial score (nSPS) is 20.6. The maximum Gasteiger partial charge on any atom is 0.314 e. The fraction of sp³-hybridized carbons (Fsp3) is 0.167. The summed E-state index contributed by atoms with van der Waals surface area (Å²) in [5.74, 6) is -20.9. The lowest BCUT2D eigenvalue weighted by molar-refractivity contribution is -0.0240. The van der Waals surface area contributed by atoms with E-state index in [2.05, 4.69) is 0 Å². The van der Waals surface area contributed by atoms with Crippen LogP contribution in [-0.4, -0.2) is 27.8 Å². The van der Waals surface area contributed by atoms with Gasteiger partial charge in [-0.25, -0.2) is 17.6 Å². The van der Waals surface area contributed by atoms with E-state index in [1.807, 2.05) is 0 Å². The molecule has 4 N–H and O–H groups in total. The lowest BCUT2D eigenvalue weighted by Crippen LogP contribution is -2.37. The number of phenolic OH excluding ortho intramolecular Hbond substituents is 1. The number of rotatable bonds is 1. The van der Waals surface area contributed by atoms with Gasteiger partial charge in [-0.15, -0.1) is 0 Å². The smallest absolute Gasteiger partial charge is 0.314 e. The number of aromatic hydroxyl groups is 1. The third-order valence-electron chi connectivity index (χ3n) is 2.92. The van der Waals surface area contributed by atoms with E-state index in [1.54, 1.807) is 0 Å². The molecule has 1 atom stereocenters. The number of allylic oxidation sites excluding steroid dienone is 4. The lowest BCUT2D eigenvalue weighted by atomic mass is 9.89. The van der Waals surface area contributed by atoms with Crippen LogP contribution in [0.3, 0.4) is 0 Å². The van der Waals surface area contributed by atoms with Gasteiger partial charge in [0.1, 0.15) is 5.82 Å². The van der Waals surface area contributed by atoms with Gasteiger partial charge >= 0.3 is 5.92 Å². The van der Waals surface area contributed by atoms with Crippen molar-refractivity contribution in [1.29, 1.82) is 0 Å². The number of hydrogen-bond acceptors (Lipinski definition) is 2.